The van der Waals surface area contributed by atoms with Gasteiger partial charge in [-0.1, -0.05) is 0 Å². The number of nitrogens with zero attached hydrogens (tertiary/aromatic N) is 3. The average molecular weight is 326 g/mol. The van der Waals surface area contributed by atoms with E-state index in [1.807, 2.05) is 19.9 Å². The fraction of sp³-hybridized carbons (Fsp3) is 0.625. The third-order valence-corrected chi connectivity index (χ3v) is 2.06. The number of amidine groups is 1. The van der Waals surface area contributed by atoms with Crippen molar-refractivity contribution in [3.8, 4) is 0 Å². The molecular weight excluding hydrogens is 312 g/mol. The Morgan fingerprint density at radius 3 is 2.57 bits per heavy atom. The number of halogens is 2. The van der Waals surface area contributed by atoms with Gasteiger partial charge >= 0.3 is 0 Å². The molecule has 0 aromatic carbocycles. The normalized spacial score (nSPS) is 28.4. The molecule has 0 fully saturated rings. The Morgan fingerprint density at radius 2 is 2.14 bits per heavy atom. The van der Waals surface area contributed by atoms with Crippen LogP contribution in [0.25, 0.3) is 0 Å². The third-order valence-electron chi connectivity index (χ3n) is 2.06. The first-order chi connectivity index (χ1) is 5.71. The van der Waals surface area contributed by atoms with Gasteiger partial charge in [0.05, 0.1) is 12.2 Å². The zero-order valence-corrected chi connectivity index (χ0v) is 11.6. The van der Waals surface area contributed by atoms with Gasteiger partial charge in [0.2, 0.25) is 0 Å². The predicted octanol–water partition coefficient (Wildman–Crippen LogP) is 2.27. The van der Waals surface area contributed by atoms with Crippen LogP contribution in [-0.4, -0.2) is 24.5 Å². The molecule has 0 saturated carbocycles. The second kappa shape index (κ2) is 5.02. The second-order valence-electron chi connectivity index (χ2n) is 3.29. The van der Waals surface area contributed by atoms with Crippen LogP contribution in [-0.2, 0) is 0 Å². The highest BCUT2D eigenvalue weighted by atomic mass is 79.9. The molecule has 0 spiro atoms. The van der Waals surface area contributed by atoms with Gasteiger partial charge in [-0.05, 0) is 19.9 Å². The fourth-order valence-corrected chi connectivity index (χ4v) is 1.50. The Bertz CT molecular complexity index is 298. The van der Waals surface area contributed by atoms with Crippen molar-refractivity contribution in [2.24, 2.45) is 15.2 Å². The zero-order valence-electron chi connectivity index (χ0n) is 8.15. The molecule has 0 aromatic heterocycles. The van der Waals surface area contributed by atoms with Crippen molar-refractivity contribution in [3.05, 3.63) is 11.8 Å². The van der Waals surface area contributed by atoms with E-state index in [1.54, 1.807) is 0 Å². The van der Waals surface area contributed by atoms with E-state index in [4.69, 9.17) is 0 Å². The molecule has 6 heteroatoms. The van der Waals surface area contributed by atoms with Crippen molar-refractivity contribution >= 4 is 39.8 Å². The Balaban J connectivity index is 0.000000845. The molecule has 2 aliphatic rings. The molecule has 0 saturated heterocycles. The summed E-state index contributed by atoms with van der Waals surface area (Å²) in [4.78, 5) is 4.33. The summed E-state index contributed by atoms with van der Waals surface area (Å²) in [5.41, 5.74) is 0.648. The van der Waals surface area contributed by atoms with Crippen LogP contribution < -0.4 is 5.32 Å². The highest BCUT2D eigenvalue weighted by molar-refractivity contribution is 8.93. The van der Waals surface area contributed by atoms with Crippen LogP contribution in [0.5, 0.6) is 0 Å². The molecule has 2 rings (SSSR count). The van der Waals surface area contributed by atoms with Crippen molar-refractivity contribution in [2.45, 2.75) is 19.4 Å². The fourth-order valence-electron chi connectivity index (χ4n) is 1.50. The summed E-state index contributed by atoms with van der Waals surface area (Å²) in [6.07, 6.45) is 2.03. The van der Waals surface area contributed by atoms with E-state index in [2.05, 4.69) is 20.5 Å². The molecule has 0 aliphatic carbocycles. The van der Waals surface area contributed by atoms with Gasteiger partial charge in [-0.3, -0.25) is 4.99 Å². The summed E-state index contributed by atoms with van der Waals surface area (Å²) in [5, 5.41) is 11.4. The minimum atomic E-state index is -0.319. The number of hydrogen-bond donors (Lipinski definition) is 1. The van der Waals surface area contributed by atoms with Crippen LogP contribution in [0, 0.1) is 0 Å². The molecule has 1 atom stereocenters. The summed E-state index contributed by atoms with van der Waals surface area (Å²) >= 11 is 0. The third kappa shape index (κ3) is 2.42. The lowest BCUT2D eigenvalue weighted by atomic mass is 10.0. The van der Waals surface area contributed by atoms with Gasteiger partial charge in [0, 0.05) is 6.54 Å². The number of rotatable bonds is 1. The van der Waals surface area contributed by atoms with Gasteiger partial charge in [0.25, 0.3) is 0 Å². The van der Waals surface area contributed by atoms with Crippen molar-refractivity contribution in [2.75, 3.05) is 13.1 Å². The maximum absolute atomic E-state index is 4.33. The lowest BCUT2D eigenvalue weighted by Gasteiger charge is -2.16. The Morgan fingerprint density at radius 1 is 1.43 bits per heavy atom. The molecule has 2 aliphatic heterocycles. The highest BCUT2D eigenvalue weighted by Gasteiger charge is 2.33. The number of allylic oxidation sites excluding steroid dienone is 1. The van der Waals surface area contributed by atoms with Crippen LogP contribution >= 0.6 is 34.0 Å². The predicted molar refractivity (Wildman–Crippen MR) is 68.0 cm³/mol. The van der Waals surface area contributed by atoms with Crippen LogP contribution in [0.4, 0.5) is 0 Å². The maximum Gasteiger partial charge on any atom is 0.156 e. The van der Waals surface area contributed by atoms with Crippen LogP contribution in [0.15, 0.2) is 27.0 Å². The molecule has 14 heavy (non-hydrogen) atoms. The van der Waals surface area contributed by atoms with Crippen LogP contribution in [0.3, 0.4) is 0 Å². The van der Waals surface area contributed by atoms with E-state index in [1.165, 1.54) is 0 Å². The van der Waals surface area contributed by atoms with Crippen molar-refractivity contribution in [3.63, 3.8) is 0 Å². The van der Waals surface area contributed by atoms with Crippen molar-refractivity contribution in [1.82, 2.24) is 5.32 Å². The van der Waals surface area contributed by atoms with E-state index in [-0.39, 0.29) is 39.5 Å². The lowest BCUT2D eigenvalue weighted by Crippen LogP contribution is -2.38. The minimum absolute atomic E-state index is 0. The van der Waals surface area contributed by atoms with Gasteiger partial charge in [-0.25, -0.2) is 0 Å². The van der Waals surface area contributed by atoms with Gasteiger partial charge in [-0.15, -0.1) is 34.0 Å². The summed E-state index contributed by atoms with van der Waals surface area (Å²) in [5.74, 6) is 0.947. The Kier molecular flexibility index (Phi) is 4.94. The molecule has 1 N–H and O–H groups in total. The number of aliphatic imine (C=N–C) groups is 1. The minimum Gasteiger partial charge on any atom is -0.370 e. The van der Waals surface area contributed by atoms with Crippen molar-refractivity contribution < 1.29 is 0 Å². The first-order valence-corrected chi connectivity index (χ1v) is 4.12. The second-order valence-corrected chi connectivity index (χ2v) is 3.29. The summed E-state index contributed by atoms with van der Waals surface area (Å²) in [7, 11) is 0. The molecular formula is C8H14Br2N4. The van der Waals surface area contributed by atoms with E-state index in [9.17, 15) is 0 Å². The smallest absolute Gasteiger partial charge is 0.156 e. The summed E-state index contributed by atoms with van der Waals surface area (Å²) < 4.78 is 0. The average Bonchev–Trinajstić information content (AvgIpc) is 2.59. The number of hydrogen-bond acceptors (Lipinski definition) is 4. The van der Waals surface area contributed by atoms with Gasteiger partial charge in [0.15, 0.2) is 5.54 Å². The molecule has 2 heterocycles. The molecule has 4 nitrogen and oxygen atoms in total. The number of nitrogens with one attached hydrogen (secondary N) is 1. The SMILES string of the molecule is Br.Br.CC1=CC(C)(C2=NCCN2)N=N1. The number of azo groups is 1. The monoisotopic (exact) mass is 324 g/mol. The first-order valence-electron chi connectivity index (χ1n) is 4.12. The standard InChI is InChI=1S/C8H12N4.2BrH/c1-6-5-8(2,12-11-6)7-9-3-4-10-7;;/h5H,3-4H2,1-2H3,(H,9,10);2*1H. The van der Waals surface area contributed by atoms with Gasteiger partial charge in [-0.2, -0.15) is 10.2 Å². The molecule has 80 valence electrons. The molecule has 0 bridgehead atoms. The van der Waals surface area contributed by atoms with Crippen molar-refractivity contribution in [1.29, 1.82) is 0 Å². The molecule has 0 amide bonds. The van der Waals surface area contributed by atoms with Gasteiger partial charge < -0.3 is 5.32 Å². The van der Waals surface area contributed by atoms with Gasteiger partial charge in [0.1, 0.15) is 5.84 Å². The Hall–Kier alpha value is -0.230. The molecule has 0 radical (unpaired) electrons. The van der Waals surface area contributed by atoms with E-state index in [0.717, 1.165) is 24.6 Å². The quantitative estimate of drug-likeness (QED) is 0.790. The van der Waals surface area contributed by atoms with E-state index in [0.29, 0.717) is 0 Å². The highest BCUT2D eigenvalue weighted by Crippen LogP contribution is 2.24. The molecule has 0 aromatic rings. The van der Waals surface area contributed by atoms with Crippen LogP contribution in [0.2, 0.25) is 0 Å². The first kappa shape index (κ1) is 13.8. The molecule has 1 unspecified atom stereocenters. The Labute approximate surface area is 105 Å². The van der Waals surface area contributed by atoms with Crippen LogP contribution in [0.1, 0.15) is 13.8 Å². The topological polar surface area (TPSA) is 49.1 Å². The summed E-state index contributed by atoms with van der Waals surface area (Å²) in [6, 6.07) is 0. The van der Waals surface area contributed by atoms with E-state index < -0.39 is 0 Å². The zero-order chi connectivity index (χ0) is 8.60. The van der Waals surface area contributed by atoms with E-state index >= 15 is 0 Å². The largest absolute Gasteiger partial charge is 0.370 e. The maximum atomic E-state index is 4.33. The lowest BCUT2D eigenvalue weighted by molar-refractivity contribution is 0.740. The summed E-state index contributed by atoms with van der Waals surface area (Å²) in [6.45, 7) is 5.75.